The number of nitrogens with zero attached hydrogens (tertiary/aromatic N) is 2. The smallest absolute Gasteiger partial charge is 0.212 e. The normalized spacial score (nSPS) is 14.3. The summed E-state index contributed by atoms with van der Waals surface area (Å²) >= 11 is 0. The first kappa shape index (κ1) is 16.0. The van der Waals surface area contributed by atoms with E-state index in [4.69, 9.17) is 4.98 Å². The van der Waals surface area contributed by atoms with Gasteiger partial charge in [0.15, 0.2) is 5.69 Å². The van der Waals surface area contributed by atoms with E-state index in [2.05, 4.69) is 88.7 Å². The first-order valence-electron chi connectivity index (χ1n) is 8.90. The van der Waals surface area contributed by atoms with Crippen LogP contribution in [0.2, 0.25) is 0 Å². The molecule has 0 saturated heterocycles. The second kappa shape index (κ2) is 5.26. The fourth-order valence-electron chi connectivity index (χ4n) is 4.06. The molecule has 3 aromatic rings. The number of hydrogen-bond acceptors (Lipinski definition) is 1. The number of hydrogen-bond donors (Lipinski definition) is 0. The summed E-state index contributed by atoms with van der Waals surface area (Å²) in [7, 11) is 2.14. The van der Waals surface area contributed by atoms with E-state index in [1.807, 2.05) is 0 Å². The van der Waals surface area contributed by atoms with Crippen LogP contribution in [0.4, 0.5) is 0 Å². The standard InChI is InChI=1S/C23H25N2/c1-14-12-19-17-11-10-15(2)24-22(17)23(4,5)20(19)13-18(14)21-9-7-8-16(3)25(21)6/h7-13H,1-6H3/q+1. The third kappa shape index (κ3) is 2.24. The number of pyridine rings is 2. The Morgan fingerprint density at radius 1 is 0.880 bits per heavy atom. The van der Waals surface area contributed by atoms with Crippen LogP contribution in [-0.4, -0.2) is 4.98 Å². The highest BCUT2D eigenvalue weighted by atomic mass is 14.9. The van der Waals surface area contributed by atoms with Crippen LogP contribution < -0.4 is 4.57 Å². The van der Waals surface area contributed by atoms with E-state index in [1.54, 1.807) is 0 Å². The Bertz CT molecular complexity index is 1010. The van der Waals surface area contributed by atoms with Crippen molar-refractivity contribution in [3.8, 4) is 22.4 Å². The molecule has 2 aromatic heterocycles. The molecule has 4 rings (SSSR count). The summed E-state index contributed by atoms with van der Waals surface area (Å²) in [6.07, 6.45) is 0. The van der Waals surface area contributed by atoms with Gasteiger partial charge in [0.1, 0.15) is 7.05 Å². The van der Waals surface area contributed by atoms with Gasteiger partial charge in [-0.15, -0.1) is 0 Å². The van der Waals surface area contributed by atoms with Gasteiger partial charge in [-0.2, -0.15) is 4.57 Å². The maximum Gasteiger partial charge on any atom is 0.212 e. The SMILES string of the molecule is Cc1ccc2c(n1)C(C)(C)c1cc(-c3cccc(C)[n+]3C)c(C)cc1-2. The van der Waals surface area contributed by atoms with Crippen LogP contribution in [0.15, 0.2) is 42.5 Å². The average Bonchev–Trinajstić information content (AvgIpc) is 2.77. The monoisotopic (exact) mass is 329 g/mol. The molecule has 1 aliphatic rings. The van der Waals surface area contributed by atoms with Crippen molar-refractivity contribution in [2.45, 2.75) is 40.0 Å². The van der Waals surface area contributed by atoms with Gasteiger partial charge in [-0.25, -0.2) is 0 Å². The van der Waals surface area contributed by atoms with Crippen molar-refractivity contribution in [3.63, 3.8) is 0 Å². The minimum absolute atomic E-state index is 0.0679. The van der Waals surface area contributed by atoms with Gasteiger partial charge in [-0.05, 0) is 48.7 Å². The molecule has 0 spiro atoms. The molecule has 2 heteroatoms. The van der Waals surface area contributed by atoms with Crippen LogP contribution >= 0.6 is 0 Å². The number of rotatable bonds is 1. The molecule has 0 radical (unpaired) electrons. The quantitative estimate of drug-likeness (QED) is 0.586. The minimum Gasteiger partial charge on any atom is -0.257 e. The fraction of sp³-hybridized carbons (Fsp3) is 0.304. The van der Waals surface area contributed by atoms with Crippen LogP contribution in [0.1, 0.15) is 42.1 Å². The van der Waals surface area contributed by atoms with E-state index in [-0.39, 0.29) is 5.41 Å². The summed E-state index contributed by atoms with van der Waals surface area (Å²) < 4.78 is 2.27. The van der Waals surface area contributed by atoms with E-state index < -0.39 is 0 Å². The largest absolute Gasteiger partial charge is 0.257 e. The summed E-state index contributed by atoms with van der Waals surface area (Å²) in [5.41, 5.74) is 11.4. The lowest BCUT2D eigenvalue weighted by Gasteiger charge is -2.21. The molecule has 0 aliphatic heterocycles. The minimum atomic E-state index is -0.0679. The Balaban J connectivity index is 2.00. The molecule has 25 heavy (non-hydrogen) atoms. The van der Waals surface area contributed by atoms with Gasteiger partial charge in [0.05, 0.1) is 5.69 Å². The highest BCUT2D eigenvalue weighted by Crippen LogP contribution is 2.49. The predicted octanol–water partition coefficient (Wildman–Crippen LogP) is 4.80. The average molecular weight is 329 g/mol. The maximum atomic E-state index is 4.88. The van der Waals surface area contributed by atoms with Gasteiger partial charge in [0, 0.05) is 41.3 Å². The topological polar surface area (TPSA) is 16.8 Å². The van der Waals surface area contributed by atoms with E-state index >= 15 is 0 Å². The van der Waals surface area contributed by atoms with Gasteiger partial charge >= 0.3 is 0 Å². The van der Waals surface area contributed by atoms with Crippen LogP contribution in [0.25, 0.3) is 22.4 Å². The van der Waals surface area contributed by atoms with Crippen LogP contribution in [0.3, 0.4) is 0 Å². The second-order valence-electron chi connectivity index (χ2n) is 7.80. The van der Waals surface area contributed by atoms with Crippen molar-refractivity contribution >= 4 is 0 Å². The van der Waals surface area contributed by atoms with Crippen LogP contribution in [-0.2, 0) is 12.5 Å². The van der Waals surface area contributed by atoms with Crippen LogP contribution in [0, 0.1) is 20.8 Å². The molecule has 0 amide bonds. The van der Waals surface area contributed by atoms with Gasteiger partial charge < -0.3 is 0 Å². The molecular weight excluding hydrogens is 304 g/mol. The zero-order valence-electron chi connectivity index (χ0n) is 15.9. The number of benzene rings is 1. The third-order valence-electron chi connectivity index (χ3n) is 5.71. The molecule has 126 valence electrons. The number of aryl methyl sites for hydroxylation is 3. The molecular formula is C23H25N2+. The van der Waals surface area contributed by atoms with Crippen molar-refractivity contribution < 1.29 is 4.57 Å². The lowest BCUT2D eigenvalue weighted by molar-refractivity contribution is -0.666. The second-order valence-corrected chi connectivity index (χ2v) is 7.80. The lowest BCUT2D eigenvalue weighted by Crippen LogP contribution is -2.34. The van der Waals surface area contributed by atoms with E-state index in [1.165, 1.54) is 44.9 Å². The van der Waals surface area contributed by atoms with Gasteiger partial charge in [-0.3, -0.25) is 4.98 Å². The Morgan fingerprint density at radius 3 is 2.40 bits per heavy atom. The molecule has 0 saturated carbocycles. The Kier molecular flexibility index (Phi) is 3.37. The Labute approximate surface area is 150 Å². The molecule has 2 heterocycles. The van der Waals surface area contributed by atoms with Crippen molar-refractivity contribution in [1.82, 2.24) is 4.98 Å². The highest BCUT2D eigenvalue weighted by molar-refractivity contribution is 5.83. The third-order valence-corrected chi connectivity index (χ3v) is 5.71. The molecule has 0 N–H and O–H groups in total. The molecule has 0 fully saturated rings. The van der Waals surface area contributed by atoms with Gasteiger partial charge in [-0.1, -0.05) is 26.0 Å². The molecule has 0 atom stereocenters. The summed E-state index contributed by atoms with van der Waals surface area (Å²) in [6.45, 7) is 11.0. The highest BCUT2D eigenvalue weighted by Gasteiger charge is 2.38. The maximum absolute atomic E-state index is 4.88. The summed E-state index contributed by atoms with van der Waals surface area (Å²) in [5.74, 6) is 0. The van der Waals surface area contributed by atoms with E-state index in [0.717, 1.165) is 5.69 Å². The molecule has 2 nitrogen and oxygen atoms in total. The van der Waals surface area contributed by atoms with Crippen molar-refractivity contribution in [2.75, 3.05) is 0 Å². The molecule has 0 unspecified atom stereocenters. The lowest BCUT2D eigenvalue weighted by atomic mass is 9.83. The van der Waals surface area contributed by atoms with Gasteiger partial charge in [0.25, 0.3) is 0 Å². The Morgan fingerprint density at radius 2 is 1.64 bits per heavy atom. The van der Waals surface area contributed by atoms with Crippen molar-refractivity contribution in [2.24, 2.45) is 7.05 Å². The van der Waals surface area contributed by atoms with Crippen molar-refractivity contribution in [1.29, 1.82) is 0 Å². The number of aromatic nitrogens is 2. The molecule has 0 bridgehead atoms. The van der Waals surface area contributed by atoms with Crippen LogP contribution in [0.5, 0.6) is 0 Å². The molecule has 1 aromatic carbocycles. The fourth-order valence-corrected chi connectivity index (χ4v) is 4.06. The first-order chi connectivity index (χ1) is 11.8. The zero-order chi connectivity index (χ0) is 17.9. The summed E-state index contributed by atoms with van der Waals surface area (Å²) in [6, 6.07) is 15.6. The van der Waals surface area contributed by atoms with Crippen molar-refractivity contribution in [3.05, 3.63) is 70.7 Å². The van der Waals surface area contributed by atoms with E-state index in [9.17, 15) is 0 Å². The zero-order valence-corrected chi connectivity index (χ0v) is 15.9. The number of fused-ring (bicyclic) bond motifs is 3. The Hall–Kier alpha value is -2.48. The summed E-state index contributed by atoms with van der Waals surface area (Å²) in [5, 5.41) is 0. The summed E-state index contributed by atoms with van der Waals surface area (Å²) in [4.78, 5) is 4.88. The van der Waals surface area contributed by atoms with E-state index in [0.29, 0.717) is 0 Å². The first-order valence-corrected chi connectivity index (χ1v) is 8.90. The van der Waals surface area contributed by atoms with Gasteiger partial charge in [0.2, 0.25) is 5.69 Å². The predicted molar refractivity (Wildman–Crippen MR) is 103 cm³/mol. The molecule has 1 aliphatic carbocycles.